The largest absolute Gasteiger partial charge is 0.391 e. The van der Waals surface area contributed by atoms with E-state index >= 15 is 0 Å². The number of β-amino-alcohol motifs (C(OH)–C–C–N with tert-alkyl or cyclic N) is 1. The highest BCUT2D eigenvalue weighted by Crippen LogP contribution is 2.12. The van der Waals surface area contributed by atoms with Crippen LogP contribution >= 0.6 is 0 Å². The van der Waals surface area contributed by atoms with E-state index < -0.39 is 0 Å². The lowest BCUT2D eigenvalue weighted by Crippen LogP contribution is -2.42. The summed E-state index contributed by atoms with van der Waals surface area (Å²) in [5.41, 5.74) is 1.08. The third kappa shape index (κ3) is 3.53. The second kappa shape index (κ2) is 5.77. The van der Waals surface area contributed by atoms with Crippen molar-refractivity contribution in [2.45, 2.75) is 31.8 Å². The summed E-state index contributed by atoms with van der Waals surface area (Å²) >= 11 is 0. The molecule has 0 aliphatic carbocycles. The molecule has 1 aliphatic rings. The molecule has 0 radical (unpaired) electrons. The Morgan fingerprint density at radius 1 is 1.59 bits per heavy atom. The molecule has 92 valence electrons. The van der Waals surface area contributed by atoms with Gasteiger partial charge in [-0.3, -0.25) is 9.78 Å². The SMILES string of the molecule is O=C(CCc1cccnc1)N1CCC[C@H](O)C1. The molecule has 4 nitrogen and oxygen atoms in total. The maximum absolute atomic E-state index is 11.9. The number of aliphatic hydroxyl groups excluding tert-OH is 1. The van der Waals surface area contributed by atoms with Crippen molar-refractivity contribution in [3.63, 3.8) is 0 Å². The molecule has 1 aliphatic heterocycles. The maximum atomic E-state index is 11.9. The fourth-order valence-corrected chi connectivity index (χ4v) is 2.14. The fraction of sp³-hybridized carbons (Fsp3) is 0.538. The Kier molecular flexibility index (Phi) is 4.09. The van der Waals surface area contributed by atoms with E-state index in [9.17, 15) is 9.90 Å². The first-order valence-electron chi connectivity index (χ1n) is 6.10. The van der Waals surface area contributed by atoms with Crippen molar-refractivity contribution in [1.82, 2.24) is 9.88 Å². The Balaban J connectivity index is 1.81. The molecule has 17 heavy (non-hydrogen) atoms. The van der Waals surface area contributed by atoms with Gasteiger partial charge in [-0.25, -0.2) is 0 Å². The molecular formula is C13H18N2O2. The fourth-order valence-electron chi connectivity index (χ4n) is 2.14. The summed E-state index contributed by atoms with van der Waals surface area (Å²) in [5.74, 6) is 0.132. The molecule has 0 saturated carbocycles. The molecule has 1 aromatic rings. The summed E-state index contributed by atoms with van der Waals surface area (Å²) in [4.78, 5) is 17.7. The van der Waals surface area contributed by atoms with Crippen LogP contribution in [-0.2, 0) is 11.2 Å². The number of hydrogen-bond donors (Lipinski definition) is 1. The summed E-state index contributed by atoms with van der Waals surface area (Å²) in [6.45, 7) is 1.27. The van der Waals surface area contributed by atoms with Gasteiger partial charge in [0, 0.05) is 31.9 Å². The lowest BCUT2D eigenvalue weighted by atomic mass is 10.1. The molecule has 1 N–H and O–H groups in total. The standard InChI is InChI=1S/C13H18N2O2/c16-12-4-2-8-15(10-12)13(17)6-5-11-3-1-7-14-9-11/h1,3,7,9,12,16H,2,4-6,8,10H2/t12-/m0/s1. The normalized spacial score (nSPS) is 20.3. The predicted molar refractivity (Wildman–Crippen MR) is 64.4 cm³/mol. The smallest absolute Gasteiger partial charge is 0.222 e. The Bertz CT molecular complexity index is 367. The molecule has 1 aromatic heterocycles. The van der Waals surface area contributed by atoms with Gasteiger partial charge < -0.3 is 10.0 Å². The van der Waals surface area contributed by atoms with Crippen molar-refractivity contribution in [3.8, 4) is 0 Å². The van der Waals surface area contributed by atoms with Gasteiger partial charge in [-0.15, -0.1) is 0 Å². The molecule has 0 bridgehead atoms. The monoisotopic (exact) mass is 234 g/mol. The first kappa shape index (κ1) is 12.0. The van der Waals surface area contributed by atoms with Crippen LogP contribution in [0.15, 0.2) is 24.5 Å². The van der Waals surface area contributed by atoms with Gasteiger partial charge in [-0.2, -0.15) is 0 Å². The summed E-state index contributed by atoms with van der Waals surface area (Å²) in [6, 6.07) is 3.86. The van der Waals surface area contributed by atoms with Gasteiger partial charge >= 0.3 is 0 Å². The average Bonchev–Trinajstić information content (AvgIpc) is 2.37. The number of aryl methyl sites for hydroxylation is 1. The minimum Gasteiger partial charge on any atom is -0.391 e. The number of amides is 1. The van der Waals surface area contributed by atoms with Gasteiger partial charge in [0.2, 0.25) is 5.91 Å². The topological polar surface area (TPSA) is 53.4 Å². The van der Waals surface area contributed by atoms with E-state index in [1.165, 1.54) is 0 Å². The summed E-state index contributed by atoms with van der Waals surface area (Å²) < 4.78 is 0. The summed E-state index contributed by atoms with van der Waals surface area (Å²) in [5, 5.41) is 9.51. The highest BCUT2D eigenvalue weighted by molar-refractivity contribution is 5.76. The van der Waals surface area contributed by atoms with Gasteiger partial charge in [0.25, 0.3) is 0 Å². The zero-order chi connectivity index (χ0) is 12.1. The van der Waals surface area contributed by atoms with E-state index in [0.29, 0.717) is 13.0 Å². The number of hydrogen-bond acceptors (Lipinski definition) is 3. The van der Waals surface area contributed by atoms with Crippen molar-refractivity contribution in [3.05, 3.63) is 30.1 Å². The predicted octanol–water partition coefficient (Wildman–Crippen LogP) is 0.998. The maximum Gasteiger partial charge on any atom is 0.222 e. The zero-order valence-electron chi connectivity index (χ0n) is 9.88. The van der Waals surface area contributed by atoms with Crippen LogP contribution in [0.1, 0.15) is 24.8 Å². The van der Waals surface area contributed by atoms with Gasteiger partial charge in [-0.05, 0) is 30.9 Å². The molecule has 1 fully saturated rings. The van der Waals surface area contributed by atoms with Gasteiger partial charge in [0.15, 0.2) is 0 Å². The lowest BCUT2D eigenvalue weighted by Gasteiger charge is -2.30. The Labute approximate surface area is 101 Å². The van der Waals surface area contributed by atoms with Crippen molar-refractivity contribution < 1.29 is 9.90 Å². The third-order valence-corrected chi connectivity index (χ3v) is 3.10. The van der Waals surface area contributed by atoms with E-state index in [1.54, 1.807) is 17.3 Å². The van der Waals surface area contributed by atoms with E-state index in [4.69, 9.17) is 0 Å². The molecule has 2 heterocycles. The minimum atomic E-state index is -0.342. The minimum absolute atomic E-state index is 0.132. The number of aliphatic hydroxyl groups is 1. The van der Waals surface area contributed by atoms with Crippen LogP contribution in [0.5, 0.6) is 0 Å². The molecule has 0 aromatic carbocycles. The van der Waals surface area contributed by atoms with Crippen LogP contribution in [-0.4, -0.2) is 40.1 Å². The third-order valence-electron chi connectivity index (χ3n) is 3.10. The molecule has 0 unspecified atom stereocenters. The molecular weight excluding hydrogens is 216 g/mol. The Morgan fingerprint density at radius 3 is 3.18 bits per heavy atom. The van der Waals surface area contributed by atoms with E-state index in [0.717, 1.165) is 31.4 Å². The average molecular weight is 234 g/mol. The van der Waals surface area contributed by atoms with Crippen LogP contribution in [0.4, 0.5) is 0 Å². The van der Waals surface area contributed by atoms with E-state index in [1.807, 2.05) is 12.1 Å². The number of piperidine rings is 1. The first-order valence-corrected chi connectivity index (χ1v) is 6.10. The molecule has 1 saturated heterocycles. The van der Waals surface area contributed by atoms with Crippen LogP contribution in [0, 0.1) is 0 Å². The highest BCUT2D eigenvalue weighted by atomic mass is 16.3. The second-order valence-corrected chi connectivity index (χ2v) is 4.50. The Morgan fingerprint density at radius 2 is 2.47 bits per heavy atom. The highest BCUT2D eigenvalue weighted by Gasteiger charge is 2.21. The van der Waals surface area contributed by atoms with Gasteiger partial charge in [0.1, 0.15) is 0 Å². The quantitative estimate of drug-likeness (QED) is 0.848. The second-order valence-electron chi connectivity index (χ2n) is 4.50. The van der Waals surface area contributed by atoms with Crippen molar-refractivity contribution >= 4 is 5.91 Å². The van der Waals surface area contributed by atoms with Crippen LogP contribution in [0.25, 0.3) is 0 Å². The van der Waals surface area contributed by atoms with Crippen LogP contribution in [0.2, 0.25) is 0 Å². The number of carbonyl (C=O) groups excluding carboxylic acids is 1. The van der Waals surface area contributed by atoms with Crippen molar-refractivity contribution in [2.24, 2.45) is 0 Å². The first-order chi connectivity index (χ1) is 8.25. The number of pyridine rings is 1. The number of likely N-dealkylation sites (tertiary alicyclic amines) is 1. The van der Waals surface area contributed by atoms with E-state index in [-0.39, 0.29) is 12.0 Å². The number of carbonyl (C=O) groups is 1. The van der Waals surface area contributed by atoms with Crippen LogP contribution < -0.4 is 0 Å². The summed E-state index contributed by atoms with van der Waals surface area (Å²) in [7, 11) is 0. The molecule has 4 heteroatoms. The van der Waals surface area contributed by atoms with Gasteiger partial charge in [-0.1, -0.05) is 6.07 Å². The number of rotatable bonds is 3. The molecule has 2 rings (SSSR count). The number of aromatic nitrogens is 1. The van der Waals surface area contributed by atoms with Crippen molar-refractivity contribution in [1.29, 1.82) is 0 Å². The van der Waals surface area contributed by atoms with Crippen molar-refractivity contribution in [2.75, 3.05) is 13.1 Å². The molecule has 1 atom stereocenters. The lowest BCUT2D eigenvalue weighted by molar-refractivity contribution is -0.134. The number of nitrogens with zero attached hydrogens (tertiary/aromatic N) is 2. The molecule has 0 spiro atoms. The van der Waals surface area contributed by atoms with Gasteiger partial charge in [0.05, 0.1) is 6.10 Å². The van der Waals surface area contributed by atoms with E-state index in [2.05, 4.69) is 4.98 Å². The zero-order valence-corrected chi connectivity index (χ0v) is 9.88. The van der Waals surface area contributed by atoms with Crippen LogP contribution in [0.3, 0.4) is 0 Å². The summed E-state index contributed by atoms with van der Waals surface area (Å²) in [6.07, 6.45) is 6.11. The Hall–Kier alpha value is -1.42. The molecule has 1 amide bonds.